The number of benzene rings is 1. The number of guanidine groups is 1. The Kier molecular flexibility index (Phi) is 11.2. The van der Waals surface area contributed by atoms with Crippen molar-refractivity contribution in [2.75, 3.05) is 13.1 Å². The molecule has 0 spiro atoms. The molecule has 0 aliphatic heterocycles. The fourth-order valence-electron chi connectivity index (χ4n) is 2.50. The van der Waals surface area contributed by atoms with Crippen LogP contribution in [0.5, 0.6) is 5.88 Å². The van der Waals surface area contributed by atoms with Crippen LogP contribution in [0.1, 0.15) is 38.8 Å². The van der Waals surface area contributed by atoms with Crippen molar-refractivity contribution in [3.8, 4) is 5.88 Å². The van der Waals surface area contributed by atoms with Crippen molar-refractivity contribution < 1.29 is 9.53 Å². The molecule has 0 radical (unpaired) electrons. The molecular formula is C22H32IN5O2. The van der Waals surface area contributed by atoms with Gasteiger partial charge in [-0.1, -0.05) is 30.3 Å². The van der Waals surface area contributed by atoms with E-state index in [1.54, 1.807) is 6.20 Å². The van der Waals surface area contributed by atoms with E-state index in [2.05, 4.69) is 25.9 Å². The number of carbonyl (C=O) groups is 1. The molecule has 164 valence electrons. The van der Waals surface area contributed by atoms with E-state index < -0.39 is 0 Å². The van der Waals surface area contributed by atoms with Crippen molar-refractivity contribution in [2.45, 2.75) is 46.4 Å². The minimum absolute atomic E-state index is 0. The summed E-state index contributed by atoms with van der Waals surface area (Å²) in [5.41, 5.74) is 1.80. The molecule has 0 aliphatic rings. The maximum Gasteiger partial charge on any atom is 0.239 e. The molecule has 7 nitrogen and oxygen atoms in total. The number of pyridine rings is 1. The third-order valence-electron chi connectivity index (χ3n) is 3.72. The van der Waals surface area contributed by atoms with Gasteiger partial charge in [0, 0.05) is 24.3 Å². The molecule has 2 rings (SSSR count). The molecule has 30 heavy (non-hydrogen) atoms. The minimum Gasteiger partial charge on any atom is -0.473 e. The van der Waals surface area contributed by atoms with E-state index in [4.69, 9.17) is 4.74 Å². The summed E-state index contributed by atoms with van der Waals surface area (Å²) in [6, 6.07) is 13.7. The summed E-state index contributed by atoms with van der Waals surface area (Å²) in [6.45, 7) is 9.60. The van der Waals surface area contributed by atoms with E-state index in [-0.39, 0.29) is 42.0 Å². The van der Waals surface area contributed by atoms with Crippen LogP contribution < -0.4 is 20.7 Å². The number of rotatable bonds is 8. The Labute approximate surface area is 196 Å². The van der Waals surface area contributed by atoms with E-state index in [0.29, 0.717) is 31.5 Å². The van der Waals surface area contributed by atoms with Gasteiger partial charge in [-0.25, -0.2) is 9.98 Å². The Balaban J connectivity index is 0.00000450. The van der Waals surface area contributed by atoms with Gasteiger partial charge in [0.25, 0.3) is 0 Å². The highest BCUT2D eigenvalue weighted by atomic mass is 127. The van der Waals surface area contributed by atoms with Gasteiger partial charge in [0.05, 0.1) is 13.1 Å². The predicted molar refractivity (Wildman–Crippen MR) is 131 cm³/mol. The number of carbonyl (C=O) groups excluding carboxylic acids is 1. The lowest BCUT2D eigenvalue weighted by molar-refractivity contribution is -0.121. The SMILES string of the molecule is CCNC(=NCc1ccnc(OCc2ccccc2)c1)NCC(=O)NC(C)(C)C.I. The Morgan fingerprint density at radius 3 is 2.50 bits per heavy atom. The number of ether oxygens (including phenoxy) is 1. The van der Waals surface area contributed by atoms with Crippen LogP contribution in [0, 0.1) is 0 Å². The number of hydrogen-bond donors (Lipinski definition) is 3. The first-order valence-electron chi connectivity index (χ1n) is 9.80. The normalized spacial score (nSPS) is 11.3. The number of nitrogens with zero attached hydrogens (tertiary/aromatic N) is 2. The number of amides is 1. The van der Waals surface area contributed by atoms with Crippen molar-refractivity contribution in [2.24, 2.45) is 4.99 Å². The Bertz CT molecular complexity index is 807. The van der Waals surface area contributed by atoms with Crippen LogP contribution in [0.25, 0.3) is 0 Å². The molecular weight excluding hydrogens is 493 g/mol. The largest absolute Gasteiger partial charge is 0.473 e. The Hall–Kier alpha value is -2.36. The maximum atomic E-state index is 12.0. The summed E-state index contributed by atoms with van der Waals surface area (Å²) in [6.07, 6.45) is 1.71. The van der Waals surface area contributed by atoms with Crippen LogP contribution in [-0.2, 0) is 17.9 Å². The van der Waals surface area contributed by atoms with Crippen molar-refractivity contribution in [1.29, 1.82) is 0 Å². The van der Waals surface area contributed by atoms with Gasteiger partial charge in [0.1, 0.15) is 6.61 Å². The summed E-state index contributed by atoms with van der Waals surface area (Å²) >= 11 is 0. The summed E-state index contributed by atoms with van der Waals surface area (Å²) < 4.78 is 5.77. The monoisotopic (exact) mass is 525 g/mol. The lowest BCUT2D eigenvalue weighted by Crippen LogP contribution is -2.48. The molecule has 3 N–H and O–H groups in total. The summed E-state index contributed by atoms with van der Waals surface area (Å²) in [5, 5.41) is 9.12. The quantitative estimate of drug-likeness (QED) is 0.280. The average molecular weight is 525 g/mol. The molecule has 1 aromatic carbocycles. The van der Waals surface area contributed by atoms with Gasteiger partial charge < -0.3 is 20.7 Å². The van der Waals surface area contributed by atoms with Crippen molar-refractivity contribution >= 4 is 35.8 Å². The van der Waals surface area contributed by atoms with Gasteiger partial charge in [-0.3, -0.25) is 4.79 Å². The van der Waals surface area contributed by atoms with E-state index in [1.807, 2.05) is 70.2 Å². The van der Waals surface area contributed by atoms with E-state index >= 15 is 0 Å². The molecule has 1 amide bonds. The maximum absolute atomic E-state index is 12.0. The smallest absolute Gasteiger partial charge is 0.239 e. The third-order valence-corrected chi connectivity index (χ3v) is 3.72. The van der Waals surface area contributed by atoms with Crippen LogP contribution in [0.2, 0.25) is 0 Å². The second kappa shape index (κ2) is 13.0. The van der Waals surface area contributed by atoms with Gasteiger partial charge in [0.2, 0.25) is 11.8 Å². The Morgan fingerprint density at radius 1 is 1.10 bits per heavy atom. The molecule has 0 saturated heterocycles. The lowest BCUT2D eigenvalue weighted by Gasteiger charge is -2.21. The molecule has 8 heteroatoms. The Morgan fingerprint density at radius 2 is 1.83 bits per heavy atom. The van der Waals surface area contributed by atoms with Crippen LogP contribution in [0.15, 0.2) is 53.7 Å². The molecule has 2 aromatic rings. The molecule has 0 aliphatic carbocycles. The standard InChI is InChI=1S/C22H31N5O2.HI/c1-5-23-21(26-15-19(28)27-22(2,3)4)25-14-18-11-12-24-20(13-18)29-16-17-9-7-6-8-10-17;/h6-13H,5,14-16H2,1-4H3,(H,27,28)(H2,23,25,26);1H. The average Bonchev–Trinajstić information content (AvgIpc) is 2.68. The molecule has 0 unspecified atom stereocenters. The van der Waals surface area contributed by atoms with Crippen LogP contribution >= 0.6 is 24.0 Å². The van der Waals surface area contributed by atoms with Crippen molar-refractivity contribution in [3.63, 3.8) is 0 Å². The first kappa shape index (κ1) is 25.7. The van der Waals surface area contributed by atoms with Gasteiger partial charge in [-0.05, 0) is 44.9 Å². The minimum atomic E-state index is -0.262. The second-order valence-corrected chi connectivity index (χ2v) is 7.62. The highest BCUT2D eigenvalue weighted by Crippen LogP contribution is 2.12. The number of nitrogens with one attached hydrogen (secondary N) is 3. The topological polar surface area (TPSA) is 87.6 Å². The number of aliphatic imine (C=N–C) groups is 1. The molecule has 0 bridgehead atoms. The van der Waals surface area contributed by atoms with Crippen LogP contribution in [-0.4, -0.2) is 35.5 Å². The van der Waals surface area contributed by atoms with Crippen LogP contribution in [0.4, 0.5) is 0 Å². The zero-order valence-electron chi connectivity index (χ0n) is 18.1. The third kappa shape index (κ3) is 10.4. The summed E-state index contributed by atoms with van der Waals surface area (Å²) in [4.78, 5) is 20.8. The number of halogens is 1. The van der Waals surface area contributed by atoms with Gasteiger partial charge in [-0.15, -0.1) is 24.0 Å². The molecule has 0 fully saturated rings. The number of hydrogen-bond acceptors (Lipinski definition) is 4. The van der Waals surface area contributed by atoms with Crippen molar-refractivity contribution in [3.05, 3.63) is 59.8 Å². The fraction of sp³-hybridized carbons (Fsp3) is 0.409. The second-order valence-electron chi connectivity index (χ2n) is 7.62. The zero-order chi connectivity index (χ0) is 21.1. The molecule has 1 aromatic heterocycles. The van der Waals surface area contributed by atoms with E-state index in [1.165, 1.54) is 0 Å². The predicted octanol–water partition coefficient (Wildman–Crippen LogP) is 3.25. The van der Waals surface area contributed by atoms with E-state index in [9.17, 15) is 4.79 Å². The van der Waals surface area contributed by atoms with E-state index in [0.717, 1.165) is 11.1 Å². The molecule has 0 saturated carbocycles. The molecule has 0 atom stereocenters. The first-order valence-corrected chi connectivity index (χ1v) is 9.80. The summed E-state index contributed by atoms with van der Waals surface area (Å²) in [5.74, 6) is 1.06. The fourth-order valence-corrected chi connectivity index (χ4v) is 2.50. The zero-order valence-corrected chi connectivity index (χ0v) is 20.4. The highest BCUT2D eigenvalue weighted by Gasteiger charge is 2.13. The number of aromatic nitrogens is 1. The summed E-state index contributed by atoms with van der Waals surface area (Å²) in [7, 11) is 0. The van der Waals surface area contributed by atoms with Gasteiger partial charge in [-0.2, -0.15) is 0 Å². The molecule has 1 heterocycles. The first-order chi connectivity index (χ1) is 13.9. The van der Waals surface area contributed by atoms with Crippen LogP contribution in [0.3, 0.4) is 0 Å². The van der Waals surface area contributed by atoms with Gasteiger partial charge >= 0.3 is 0 Å². The lowest BCUT2D eigenvalue weighted by atomic mass is 10.1. The van der Waals surface area contributed by atoms with Crippen molar-refractivity contribution in [1.82, 2.24) is 20.9 Å². The highest BCUT2D eigenvalue weighted by molar-refractivity contribution is 14.0. The van der Waals surface area contributed by atoms with Gasteiger partial charge in [0.15, 0.2) is 5.96 Å².